The lowest BCUT2D eigenvalue weighted by Gasteiger charge is -2.25. The lowest BCUT2D eigenvalue weighted by Crippen LogP contribution is -2.28. The number of rotatable bonds is 4. The lowest BCUT2D eigenvalue weighted by molar-refractivity contribution is -0.136. The molecule has 8 nitrogen and oxygen atoms in total. The number of methoxy groups -OCH3 is 2. The summed E-state index contributed by atoms with van der Waals surface area (Å²) in [5, 5.41) is 14.8. The molecule has 4 rings (SSSR count). The van der Waals surface area contributed by atoms with Gasteiger partial charge in [0.15, 0.2) is 0 Å². The lowest BCUT2D eigenvalue weighted by atomic mass is 10.0. The molecular formula is C18H17N5O3S. The van der Waals surface area contributed by atoms with Crippen molar-refractivity contribution in [2.45, 2.75) is 13.0 Å². The zero-order valence-electron chi connectivity index (χ0n) is 15.0. The predicted octanol–water partition coefficient (Wildman–Crippen LogP) is 2.87. The summed E-state index contributed by atoms with van der Waals surface area (Å²) in [5.41, 5.74) is 2.23. The van der Waals surface area contributed by atoms with Crippen molar-refractivity contribution >= 4 is 23.3 Å². The summed E-state index contributed by atoms with van der Waals surface area (Å²) in [6.07, 6.45) is 0. The van der Waals surface area contributed by atoms with Gasteiger partial charge in [-0.1, -0.05) is 5.10 Å². The van der Waals surface area contributed by atoms with Crippen molar-refractivity contribution in [3.63, 3.8) is 0 Å². The number of esters is 1. The fourth-order valence-corrected chi connectivity index (χ4v) is 4.17. The second-order valence-electron chi connectivity index (χ2n) is 5.94. The molecule has 1 atom stereocenters. The number of nitrogens with zero attached hydrogens (tertiary/aromatic N) is 4. The number of benzene rings is 1. The molecular weight excluding hydrogens is 366 g/mol. The molecule has 0 amide bonds. The number of hydrogen-bond donors (Lipinski definition) is 1. The third-order valence-electron chi connectivity index (χ3n) is 4.39. The molecule has 0 saturated heterocycles. The summed E-state index contributed by atoms with van der Waals surface area (Å²) in [5.74, 6) is 0.883. The Hall–Kier alpha value is -3.20. The van der Waals surface area contributed by atoms with Crippen LogP contribution in [-0.2, 0) is 9.53 Å². The van der Waals surface area contributed by atoms with Crippen molar-refractivity contribution in [1.29, 1.82) is 0 Å². The Morgan fingerprint density at radius 1 is 1.19 bits per heavy atom. The summed E-state index contributed by atoms with van der Waals surface area (Å²) in [6, 6.07) is 11.4. The highest BCUT2D eigenvalue weighted by atomic mass is 32.1. The molecule has 1 N–H and O–H groups in total. The number of ether oxygens (including phenoxy) is 2. The van der Waals surface area contributed by atoms with Crippen LogP contribution in [0.5, 0.6) is 5.75 Å². The molecule has 0 spiro atoms. The molecule has 0 saturated carbocycles. The van der Waals surface area contributed by atoms with Gasteiger partial charge in [0.1, 0.15) is 11.8 Å². The van der Waals surface area contributed by atoms with E-state index in [2.05, 4.69) is 20.8 Å². The zero-order valence-corrected chi connectivity index (χ0v) is 15.8. The molecule has 0 radical (unpaired) electrons. The highest BCUT2D eigenvalue weighted by Crippen LogP contribution is 2.40. The number of carbonyl (C=O) groups excluding carboxylic acids is 1. The van der Waals surface area contributed by atoms with Crippen LogP contribution in [0.15, 0.2) is 47.7 Å². The largest absolute Gasteiger partial charge is 0.497 e. The molecule has 9 heteroatoms. The van der Waals surface area contributed by atoms with E-state index in [0.717, 1.165) is 21.1 Å². The van der Waals surface area contributed by atoms with Gasteiger partial charge in [0.05, 0.1) is 19.8 Å². The van der Waals surface area contributed by atoms with Crippen LogP contribution in [0.4, 0.5) is 5.95 Å². The van der Waals surface area contributed by atoms with Crippen LogP contribution in [0.2, 0.25) is 0 Å². The van der Waals surface area contributed by atoms with Crippen molar-refractivity contribution < 1.29 is 14.3 Å². The zero-order chi connectivity index (χ0) is 19.0. The van der Waals surface area contributed by atoms with Crippen molar-refractivity contribution in [3.05, 3.63) is 52.5 Å². The number of allylic oxidation sites excluding steroid dienone is 1. The van der Waals surface area contributed by atoms with Crippen LogP contribution < -0.4 is 10.1 Å². The van der Waals surface area contributed by atoms with Crippen LogP contribution in [0.1, 0.15) is 17.8 Å². The Morgan fingerprint density at radius 2 is 1.96 bits per heavy atom. The number of aromatic nitrogens is 4. The summed E-state index contributed by atoms with van der Waals surface area (Å²) in [7, 11) is 3.01. The van der Waals surface area contributed by atoms with E-state index in [1.54, 1.807) is 23.1 Å². The number of tetrazole rings is 1. The first kappa shape index (κ1) is 17.2. The maximum Gasteiger partial charge on any atom is 0.338 e. The first-order chi connectivity index (χ1) is 13.1. The van der Waals surface area contributed by atoms with Gasteiger partial charge < -0.3 is 14.8 Å². The van der Waals surface area contributed by atoms with Gasteiger partial charge in [0, 0.05) is 15.5 Å². The van der Waals surface area contributed by atoms with E-state index < -0.39 is 12.0 Å². The molecule has 2 aromatic heterocycles. The van der Waals surface area contributed by atoms with Crippen LogP contribution in [0.3, 0.4) is 0 Å². The van der Waals surface area contributed by atoms with Gasteiger partial charge in [0.25, 0.3) is 0 Å². The van der Waals surface area contributed by atoms with Crippen molar-refractivity contribution in [3.8, 4) is 16.2 Å². The highest BCUT2D eigenvalue weighted by Gasteiger charge is 2.35. The van der Waals surface area contributed by atoms with Gasteiger partial charge >= 0.3 is 5.97 Å². The minimum atomic E-state index is -0.444. The minimum Gasteiger partial charge on any atom is -0.497 e. The van der Waals surface area contributed by atoms with Crippen LogP contribution in [0.25, 0.3) is 10.4 Å². The average molecular weight is 383 g/mol. The number of nitrogens with one attached hydrogen (secondary N) is 1. The monoisotopic (exact) mass is 383 g/mol. The van der Waals surface area contributed by atoms with Crippen molar-refractivity contribution in [2.24, 2.45) is 0 Å². The third-order valence-corrected chi connectivity index (χ3v) is 5.58. The second-order valence-corrected chi connectivity index (χ2v) is 7.05. The maximum absolute atomic E-state index is 12.4. The molecule has 138 valence electrons. The van der Waals surface area contributed by atoms with Gasteiger partial charge in [-0.3, -0.25) is 0 Å². The van der Waals surface area contributed by atoms with Crippen molar-refractivity contribution in [1.82, 2.24) is 20.2 Å². The van der Waals surface area contributed by atoms with E-state index >= 15 is 0 Å². The van der Waals surface area contributed by atoms with Crippen LogP contribution >= 0.6 is 11.3 Å². The summed E-state index contributed by atoms with van der Waals surface area (Å²) in [4.78, 5) is 14.4. The number of fused-ring (bicyclic) bond motifs is 1. The summed E-state index contributed by atoms with van der Waals surface area (Å²) in [6.45, 7) is 1.81. The third kappa shape index (κ3) is 2.95. The normalized spacial score (nSPS) is 15.9. The fraction of sp³-hybridized carbons (Fsp3) is 0.222. The first-order valence-electron chi connectivity index (χ1n) is 8.20. The van der Waals surface area contributed by atoms with Crippen LogP contribution in [-0.4, -0.2) is 40.4 Å². The standard InChI is InChI=1S/C18H17N5O3S/c1-10-15(17(24)26-3)16(23-18(19-10)20-21-22-23)14-9-8-13(27-14)11-4-6-12(25-2)7-5-11/h4-9,16H,1-3H3,(H,19,20,22). The van der Waals surface area contributed by atoms with E-state index in [9.17, 15) is 4.79 Å². The fourth-order valence-electron chi connectivity index (χ4n) is 3.06. The molecule has 1 aliphatic heterocycles. The summed E-state index contributed by atoms with van der Waals surface area (Å²) < 4.78 is 11.8. The van der Waals surface area contributed by atoms with Gasteiger partial charge in [0.2, 0.25) is 5.95 Å². The van der Waals surface area contributed by atoms with Gasteiger partial charge in [-0.05, 0) is 59.3 Å². The van der Waals surface area contributed by atoms with E-state index in [1.165, 1.54) is 7.11 Å². The molecule has 0 aliphatic carbocycles. The Kier molecular flexibility index (Phi) is 4.36. The molecule has 1 aliphatic rings. The number of carbonyl (C=O) groups is 1. The quantitative estimate of drug-likeness (QED) is 0.693. The van der Waals surface area contributed by atoms with E-state index in [1.807, 2.05) is 43.3 Å². The minimum absolute atomic E-state index is 0.412. The highest BCUT2D eigenvalue weighted by molar-refractivity contribution is 7.15. The second kappa shape index (κ2) is 6.84. The van der Waals surface area contributed by atoms with Crippen molar-refractivity contribution in [2.75, 3.05) is 19.5 Å². The van der Waals surface area contributed by atoms with E-state index in [0.29, 0.717) is 17.2 Å². The van der Waals surface area contributed by atoms with E-state index in [-0.39, 0.29) is 0 Å². The predicted molar refractivity (Wildman–Crippen MR) is 101 cm³/mol. The van der Waals surface area contributed by atoms with Gasteiger partial charge in [-0.15, -0.1) is 11.3 Å². The Bertz CT molecular complexity index is 1020. The first-order valence-corrected chi connectivity index (χ1v) is 9.02. The average Bonchev–Trinajstić information content (AvgIpc) is 3.36. The molecule has 0 fully saturated rings. The smallest absolute Gasteiger partial charge is 0.338 e. The number of hydrogen-bond acceptors (Lipinski definition) is 8. The molecule has 3 aromatic rings. The molecule has 1 aromatic carbocycles. The maximum atomic E-state index is 12.4. The Morgan fingerprint density at radius 3 is 2.67 bits per heavy atom. The van der Waals surface area contributed by atoms with Crippen LogP contribution in [0, 0.1) is 0 Å². The molecule has 1 unspecified atom stereocenters. The molecule has 3 heterocycles. The summed E-state index contributed by atoms with van der Waals surface area (Å²) >= 11 is 1.58. The number of anilines is 1. The SMILES string of the molecule is COC(=O)C1=C(C)Nc2nnnn2C1c1ccc(-c2ccc(OC)cc2)s1. The molecule has 27 heavy (non-hydrogen) atoms. The number of thiophene rings is 1. The topological polar surface area (TPSA) is 91.2 Å². The Balaban J connectivity index is 1.77. The van der Waals surface area contributed by atoms with Gasteiger partial charge in [-0.2, -0.15) is 4.68 Å². The van der Waals surface area contributed by atoms with Gasteiger partial charge in [-0.25, -0.2) is 4.79 Å². The molecule has 0 bridgehead atoms. The van der Waals surface area contributed by atoms with E-state index in [4.69, 9.17) is 9.47 Å². The Labute approximate surface area is 159 Å².